The number of carbonyl (C=O) groups is 2. The number of Topliss-reactive ketones (excluding diaryl/α,β-unsaturated/α-hetero) is 1. The maximum Gasteiger partial charge on any atom is 0.339 e. The quantitative estimate of drug-likeness (QED) is 0.285. The zero-order chi connectivity index (χ0) is 23.8. The van der Waals surface area contributed by atoms with Gasteiger partial charge in [0.1, 0.15) is 5.76 Å². The number of aromatic nitrogens is 2. The molecule has 6 heteroatoms. The summed E-state index contributed by atoms with van der Waals surface area (Å²) < 4.78 is 13.1. The summed E-state index contributed by atoms with van der Waals surface area (Å²) in [7, 11) is 0. The molecular formula is C28H28N2O4. The molecule has 1 atom stereocenters. The highest BCUT2D eigenvalue weighted by Crippen LogP contribution is 2.32. The number of furan rings is 1. The van der Waals surface area contributed by atoms with Gasteiger partial charge in [0.2, 0.25) is 5.78 Å². The molecule has 0 radical (unpaired) electrons. The van der Waals surface area contributed by atoms with Crippen LogP contribution in [-0.4, -0.2) is 27.9 Å². The first kappa shape index (κ1) is 22.1. The first-order chi connectivity index (χ1) is 16.4. The number of esters is 1. The molecule has 6 nitrogen and oxygen atoms in total. The number of para-hydroxylation sites is 1. The van der Waals surface area contributed by atoms with Crippen molar-refractivity contribution in [3.63, 3.8) is 0 Å². The first-order valence-electron chi connectivity index (χ1n) is 11.7. The summed E-state index contributed by atoms with van der Waals surface area (Å²) in [6, 6.07) is 13.2. The van der Waals surface area contributed by atoms with E-state index in [4.69, 9.17) is 14.1 Å². The molecule has 0 fully saturated rings. The standard InChI is InChI=1S/C28H28N2O4/c1-17-10-11-25-23(13-17)27(21-8-4-5-9-24(21)29-25)28(32)34-16-26(31)22-14-18(2)30(19(22)3)15-20-7-6-12-33-20/h4-9,12,14,17H,10-11,13,15-16H2,1-3H3. The third kappa shape index (κ3) is 4.04. The van der Waals surface area contributed by atoms with E-state index in [2.05, 4.69) is 6.92 Å². The summed E-state index contributed by atoms with van der Waals surface area (Å²) in [5.74, 6) is 0.619. The summed E-state index contributed by atoms with van der Waals surface area (Å²) in [6.45, 7) is 6.29. The normalized spacial score (nSPS) is 15.3. The molecular weight excluding hydrogens is 428 g/mol. The fourth-order valence-corrected chi connectivity index (χ4v) is 4.96. The minimum atomic E-state index is -0.457. The molecule has 4 aromatic rings. The Kier molecular flexibility index (Phi) is 5.82. The Bertz CT molecular complexity index is 1380. The third-order valence-electron chi connectivity index (χ3n) is 6.81. The number of ether oxygens (including phenoxy) is 1. The second-order valence-corrected chi connectivity index (χ2v) is 9.23. The van der Waals surface area contributed by atoms with Gasteiger partial charge in [-0.05, 0) is 68.9 Å². The molecule has 0 bridgehead atoms. The Morgan fingerprint density at radius 1 is 1.18 bits per heavy atom. The zero-order valence-electron chi connectivity index (χ0n) is 19.8. The number of pyridine rings is 1. The summed E-state index contributed by atoms with van der Waals surface area (Å²) in [4.78, 5) is 31.2. The van der Waals surface area contributed by atoms with E-state index in [0.717, 1.165) is 58.6 Å². The van der Waals surface area contributed by atoms with Crippen molar-refractivity contribution in [1.29, 1.82) is 0 Å². The zero-order valence-corrected chi connectivity index (χ0v) is 19.8. The maximum atomic E-state index is 13.3. The van der Waals surface area contributed by atoms with Gasteiger partial charge in [-0.15, -0.1) is 0 Å². The van der Waals surface area contributed by atoms with Crippen LogP contribution < -0.4 is 0 Å². The third-order valence-corrected chi connectivity index (χ3v) is 6.81. The van der Waals surface area contributed by atoms with Gasteiger partial charge in [0, 0.05) is 28.0 Å². The van der Waals surface area contributed by atoms with E-state index in [0.29, 0.717) is 23.6 Å². The van der Waals surface area contributed by atoms with Crippen LogP contribution in [0.25, 0.3) is 10.9 Å². The smallest absolute Gasteiger partial charge is 0.339 e. The molecule has 34 heavy (non-hydrogen) atoms. The number of nitrogens with zero attached hydrogens (tertiary/aromatic N) is 2. The molecule has 174 valence electrons. The van der Waals surface area contributed by atoms with Crippen LogP contribution >= 0.6 is 0 Å². The molecule has 0 N–H and O–H groups in total. The second-order valence-electron chi connectivity index (χ2n) is 9.23. The van der Waals surface area contributed by atoms with Crippen LogP contribution in [0.15, 0.2) is 53.1 Å². The largest absolute Gasteiger partial charge is 0.467 e. The predicted molar refractivity (Wildman–Crippen MR) is 129 cm³/mol. The number of aryl methyl sites for hydroxylation is 2. The lowest BCUT2D eigenvalue weighted by Crippen LogP contribution is -2.21. The van der Waals surface area contributed by atoms with E-state index in [9.17, 15) is 9.59 Å². The average molecular weight is 457 g/mol. The lowest BCUT2D eigenvalue weighted by molar-refractivity contribution is 0.0474. The van der Waals surface area contributed by atoms with Crippen molar-refractivity contribution in [1.82, 2.24) is 9.55 Å². The summed E-state index contributed by atoms with van der Waals surface area (Å²) >= 11 is 0. The Labute approximate surface area is 198 Å². The van der Waals surface area contributed by atoms with E-state index in [1.165, 1.54) is 0 Å². The Morgan fingerprint density at radius 2 is 2.00 bits per heavy atom. The van der Waals surface area contributed by atoms with Crippen molar-refractivity contribution in [2.45, 2.75) is 46.6 Å². The van der Waals surface area contributed by atoms with E-state index in [-0.39, 0.29) is 12.4 Å². The Morgan fingerprint density at radius 3 is 2.79 bits per heavy atom. The Balaban J connectivity index is 1.39. The lowest BCUT2D eigenvalue weighted by atomic mass is 9.84. The summed E-state index contributed by atoms with van der Waals surface area (Å²) in [5, 5.41) is 0.782. The SMILES string of the molecule is Cc1cc(C(=O)COC(=O)c2c3c(nc4ccccc24)CCC(C)C3)c(C)n1Cc1ccco1. The van der Waals surface area contributed by atoms with Gasteiger partial charge in [-0.25, -0.2) is 4.79 Å². The van der Waals surface area contributed by atoms with Crippen LogP contribution in [-0.2, 0) is 24.1 Å². The number of carbonyl (C=O) groups excluding carboxylic acids is 2. The van der Waals surface area contributed by atoms with Crippen LogP contribution in [0.4, 0.5) is 0 Å². The summed E-state index contributed by atoms with van der Waals surface area (Å²) in [5.41, 5.74) is 5.62. The predicted octanol–water partition coefficient (Wildman–Crippen LogP) is 5.46. The van der Waals surface area contributed by atoms with Gasteiger partial charge in [-0.1, -0.05) is 25.1 Å². The Hall–Kier alpha value is -3.67. The molecule has 0 spiro atoms. The molecule has 0 amide bonds. The van der Waals surface area contributed by atoms with Crippen molar-refractivity contribution < 1.29 is 18.7 Å². The van der Waals surface area contributed by atoms with Crippen LogP contribution in [0.1, 0.15) is 62.5 Å². The summed E-state index contributed by atoms with van der Waals surface area (Å²) in [6.07, 6.45) is 4.33. The molecule has 0 aliphatic heterocycles. The minimum Gasteiger partial charge on any atom is -0.467 e. The van der Waals surface area contributed by atoms with E-state index in [1.807, 2.05) is 60.9 Å². The van der Waals surface area contributed by atoms with Crippen molar-refractivity contribution in [3.05, 3.63) is 88.3 Å². The van der Waals surface area contributed by atoms with Gasteiger partial charge in [0.05, 0.1) is 23.9 Å². The maximum absolute atomic E-state index is 13.3. The molecule has 5 rings (SSSR count). The number of fused-ring (bicyclic) bond motifs is 2. The van der Waals surface area contributed by atoms with Crippen LogP contribution in [0.2, 0.25) is 0 Å². The fraction of sp³-hybridized carbons (Fsp3) is 0.321. The van der Waals surface area contributed by atoms with Crippen molar-refractivity contribution in [2.24, 2.45) is 5.92 Å². The van der Waals surface area contributed by atoms with Crippen molar-refractivity contribution in [3.8, 4) is 0 Å². The van der Waals surface area contributed by atoms with E-state index >= 15 is 0 Å². The molecule has 0 saturated heterocycles. The van der Waals surface area contributed by atoms with Gasteiger partial charge in [0.15, 0.2) is 6.61 Å². The van der Waals surface area contributed by atoms with Crippen molar-refractivity contribution in [2.75, 3.05) is 6.61 Å². The molecule has 1 aliphatic rings. The van der Waals surface area contributed by atoms with Gasteiger partial charge in [0.25, 0.3) is 0 Å². The number of hydrogen-bond donors (Lipinski definition) is 0. The highest BCUT2D eigenvalue weighted by molar-refractivity contribution is 6.06. The number of ketones is 1. The monoisotopic (exact) mass is 456 g/mol. The topological polar surface area (TPSA) is 74.3 Å². The van der Waals surface area contributed by atoms with E-state index < -0.39 is 5.97 Å². The van der Waals surface area contributed by atoms with Gasteiger partial charge >= 0.3 is 5.97 Å². The van der Waals surface area contributed by atoms with Crippen LogP contribution in [0, 0.1) is 19.8 Å². The molecule has 3 heterocycles. The molecule has 1 unspecified atom stereocenters. The number of benzene rings is 1. The molecule has 1 aromatic carbocycles. The highest BCUT2D eigenvalue weighted by Gasteiger charge is 2.27. The van der Waals surface area contributed by atoms with E-state index in [1.54, 1.807) is 6.26 Å². The molecule has 1 aliphatic carbocycles. The average Bonchev–Trinajstić information content (AvgIpc) is 3.44. The van der Waals surface area contributed by atoms with Gasteiger partial charge in [-0.3, -0.25) is 9.78 Å². The minimum absolute atomic E-state index is 0.215. The first-order valence-corrected chi connectivity index (χ1v) is 11.7. The highest BCUT2D eigenvalue weighted by atomic mass is 16.5. The van der Waals surface area contributed by atoms with Crippen LogP contribution in [0.5, 0.6) is 0 Å². The second kappa shape index (κ2) is 8.93. The van der Waals surface area contributed by atoms with Gasteiger partial charge in [-0.2, -0.15) is 0 Å². The number of hydrogen-bond acceptors (Lipinski definition) is 5. The van der Waals surface area contributed by atoms with Crippen LogP contribution in [0.3, 0.4) is 0 Å². The fourth-order valence-electron chi connectivity index (χ4n) is 4.96. The molecule has 0 saturated carbocycles. The number of rotatable bonds is 6. The lowest BCUT2D eigenvalue weighted by Gasteiger charge is -2.24. The van der Waals surface area contributed by atoms with Crippen molar-refractivity contribution >= 4 is 22.7 Å². The van der Waals surface area contributed by atoms with Gasteiger partial charge < -0.3 is 13.7 Å². The molecule has 3 aromatic heterocycles.